The van der Waals surface area contributed by atoms with E-state index < -0.39 is 11.8 Å². The molecule has 0 atom stereocenters. The van der Waals surface area contributed by atoms with Crippen molar-refractivity contribution in [1.82, 2.24) is 10.9 Å². The molecule has 22 heavy (non-hydrogen) atoms. The lowest BCUT2D eigenvalue weighted by Crippen LogP contribution is -2.40. The number of hydrogen-bond donors (Lipinski definition) is 3. The Balaban J connectivity index is 2.09. The molecule has 0 spiro atoms. The number of halogens is 1. The second-order valence-corrected chi connectivity index (χ2v) is 5.61. The first-order valence-electron chi connectivity index (χ1n) is 6.18. The summed E-state index contributed by atoms with van der Waals surface area (Å²) in [6.45, 7) is 1.27. The SMILES string of the molecule is CC(=O)NNC(=O)c1ccsc1NC(=O)c1ccc(Cl)cc1. The van der Waals surface area contributed by atoms with Gasteiger partial charge in [-0.1, -0.05) is 11.6 Å². The molecule has 0 fully saturated rings. The van der Waals surface area contributed by atoms with E-state index in [1.165, 1.54) is 18.3 Å². The van der Waals surface area contributed by atoms with Crippen LogP contribution >= 0.6 is 22.9 Å². The minimum absolute atomic E-state index is 0.265. The summed E-state index contributed by atoms with van der Waals surface area (Å²) in [7, 11) is 0. The van der Waals surface area contributed by atoms with Crippen molar-refractivity contribution in [3.63, 3.8) is 0 Å². The minimum atomic E-state index is -0.511. The van der Waals surface area contributed by atoms with Crippen LogP contribution in [0.4, 0.5) is 5.00 Å². The number of rotatable bonds is 3. The first kappa shape index (κ1) is 16.0. The summed E-state index contributed by atoms with van der Waals surface area (Å²) >= 11 is 6.98. The molecular weight excluding hydrogens is 326 g/mol. The third-order valence-electron chi connectivity index (χ3n) is 2.60. The summed E-state index contributed by atoms with van der Waals surface area (Å²) in [5.74, 6) is -1.26. The second kappa shape index (κ2) is 7.06. The standard InChI is InChI=1S/C14H12ClN3O3S/c1-8(19)17-18-13(21)11-6-7-22-14(11)16-12(20)9-2-4-10(15)5-3-9/h2-7H,1H3,(H,16,20)(H,17,19)(H,18,21). The second-order valence-electron chi connectivity index (χ2n) is 4.26. The molecular formula is C14H12ClN3O3S. The normalized spacial score (nSPS) is 9.91. The molecule has 114 valence electrons. The molecule has 0 aliphatic carbocycles. The Labute approximate surface area is 135 Å². The van der Waals surface area contributed by atoms with E-state index in [2.05, 4.69) is 16.2 Å². The van der Waals surface area contributed by atoms with Gasteiger partial charge in [-0.2, -0.15) is 0 Å². The summed E-state index contributed by atoms with van der Waals surface area (Å²) in [5, 5.41) is 5.25. The van der Waals surface area contributed by atoms with Crippen molar-refractivity contribution in [1.29, 1.82) is 0 Å². The van der Waals surface area contributed by atoms with Crippen LogP contribution in [0.5, 0.6) is 0 Å². The number of anilines is 1. The van der Waals surface area contributed by atoms with Crippen molar-refractivity contribution < 1.29 is 14.4 Å². The number of nitrogens with one attached hydrogen (secondary N) is 3. The summed E-state index contributed by atoms with van der Waals surface area (Å²) in [5.41, 5.74) is 5.12. The lowest BCUT2D eigenvalue weighted by molar-refractivity contribution is -0.119. The lowest BCUT2D eigenvalue weighted by Gasteiger charge is -2.07. The van der Waals surface area contributed by atoms with Crippen molar-refractivity contribution in [3.8, 4) is 0 Å². The highest BCUT2D eigenvalue weighted by molar-refractivity contribution is 7.14. The molecule has 0 aliphatic rings. The number of benzene rings is 1. The van der Waals surface area contributed by atoms with Gasteiger partial charge in [-0.3, -0.25) is 25.2 Å². The Hall–Kier alpha value is -2.38. The van der Waals surface area contributed by atoms with Crippen molar-refractivity contribution in [3.05, 3.63) is 51.9 Å². The molecule has 8 heteroatoms. The fourth-order valence-electron chi connectivity index (χ4n) is 1.57. The third kappa shape index (κ3) is 4.06. The molecule has 0 saturated heterocycles. The monoisotopic (exact) mass is 337 g/mol. The predicted molar refractivity (Wildman–Crippen MR) is 85.0 cm³/mol. The van der Waals surface area contributed by atoms with E-state index in [-0.39, 0.29) is 11.5 Å². The van der Waals surface area contributed by atoms with Gasteiger partial charge in [-0.25, -0.2) is 0 Å². The summed E-state index contributed by atoms with van der Waals surface area (Å²) in [6, 6.07) is 7.94. The molecule has 0 aliphatic heterocycles. The quantitative estimate of drug-likeness (QED) is 0.752. The smallest absolute Gasteiger partial charge is 0.272 e. The van der Waals surface area contributed by atoms with Gasteiger partial charge in [0.2, 0.25) is 5.91 Å². The largest absolute Gasteiger partial charge is 0.313 e. The molecule has 0 radical (unpaired) electrons. The van der Waals surface area contributed by atoms with Gasteiger partial charge < -0.3 is 5.32 Å². The third-order valence-corrected chi connectivity index (χ3v) is 3.68. The first-order valence-corrected chi connectivity index (χ1v) is 7.44. The Morgan fingerprint density at radius 1 is 1.00 bits per heavy atom. The average molecular weight is 338 g/mol. The lowest BCUT2D eigenvalue weighted by atomic mass is 10.2. The Morgan fingerprint density at radius 2 is 1.68 bits per heavy atom. The molecule has 3 amide bonds. The number of carbonyl (C=O) groups is 3. The molecule has 6 nitrogen and oxygen atoms in total. The zero-order valence-corrected chi connectivity index (χ0v) is 13.0. The van der Waals surface area contributed by atoms with Crippen LogP contribution in [0.2, 0.25) is 5.02 Å². The van der Waals surface area contributed by atoms with Gasteiger partial charge in [0.05, 0.1) is 5.56 Å². The van der Waals surface area contributed by atoms with Crippen LogP contribution in [-0.2, 0) is 4.79 Å². The number of amides is 3. The van der Waals surface area contributed by atoms with Crippen molar-refractivity contribution >= 4 is 45.7 Å². The zero-order valence-electron chi connectivity index (χ0n) is 11.5. The molecule has 1 aromatic heterocycles. The van der Waals surface area contributed by atoms with E-state index in [9.17, 15) is 14.4 Å². The van der Waals surface area contributed by atoms with Crippen LogP contribution in [0.15, 0.2) is 35.7 Å². The summed E-state index contributed by atoms with van der Waals surface area (Å²) in [6.07, 6.45) is 0. The molecule has 3 N–H and O–H groups in total. The van der Waals surface area contributed by atoms with Crippen molar-refractivity contribution in [2.45, 2.75) is 6.92 Å². The topological polar surface area (TPSA) is 87.3 Å². The zero-order chi connectivity index (χ0) is 16.1. The molecule has 2 rings (SSSR count). The fourth-order valence-corrected chi connectivity index (χ4v) is 2.48. The van der Waals surface area contributed by atoms with Crippen molar-refractivity contribution in [2.75, 3.05) is 5.32 Å². The van der Waals surface area contributed by atoms with Crippen LogP contribution < -0.4 is 16.2 Å². The Morgan fingerprint density at radius 3 is 2.32 bits per heavy atom. The Bertz CT molecular complexity index is 712. The van der Waals surface area contributed by atoms with Crippen LogP contribution in [0.25, 0.3) is 0 Å². The maximum absolute atomic E-state index is 12.1. The van der Waals surface area contributed by atoms with Gasteiger partial charge in [0.15, 0.2) is 0 Å². The van der Waals surface area contributed by atoms with E-state index >= 15 is 0 Å². The molecule has 0 unspecified atom stereocenters. The molecule has 1 heterocycles. The molecule has 2 aromatic rings. The van der Waals surface area contributed by atoms with E-state index in [1.807, 2.05) is 0 Å². The molecule has 0 saturated carbocycles. The highest BCUT2D eigenvalue weighted by Gasteiger charge is 2.16. The van der Waals surface area contributed by atoms with Crippen LogP contribution in [-0.4, -0.2) is 17.7 Å². The summed E-state index contributed by atoms with van der Waals surface area (Å²) < 4.78 is 0. The van der Waals surface area contributed by atoms with Gasteiger partial charge in [0.1, 0.15) is 5.00 Å². The van der Waals surface area contributed by atoms with Gasteiger partial charge in [0, 0.05) is 17.5 Å². The predicted octanol–water partition coefficient (Wildman–Crippen LogP) is 2.43. The minimum Gasteiger partial charge on any atom is -0.313 e. The number of carbonyl (C=O) groups excluding carboxylic acids is 3. The highest BCUT2D eigenvalue weighted by atomic mass is 35.5. The number of hydrogen-bond acceptors (Lipinski definition) is 4. The van der Waals surface area contributed by atoms with E-state index in [0.717, 1.165) is 0 Å². The number of hydrazine groups is 1. The van der Waals surface area contributed by atoms with Crippen LogP contribution in [0.3, 0.4) is 0 Å². The van der Waals surface area contributed by atoms with E-state index in [4.69, 9.17) is 11.6 Å². The van der Waals surface area contributed by atoms with E-state index in [1.54, 1.807) is 35.7 Å². The van der Waals surface area contributed by atoms with Gasteiger partial charge in [-0.05, 0) is 35.7 Å². The van der Waals surface area contributed by atoms with E-state index in [0.29, 0.717) is 15.6 Å². The van der Waals surface area contributed by atoms with Crippen LogP contribution in [0.1, 0.15) is 27.6 Å². The molecule has 1 aromatic carbocycles. The van der Waals surface area contributed by atoms with Gasteiger partial charge in [-0.15, -0.1) is 11.3 Å². The maximum atomic E-state index is 12.1. The average Bonchev–Trinajstić information content (AvgIpc) is 2.93. The van der Waals surface area contributed by atoms with Crippen LogP contribution in [0, 0.1) is 0 Å². The highest BCUT2D eigenvalue weighted by Crippen LogP contribution is 2.24. The first-order chi connectivity index (χ1) is 10.5. The fraction of sp³-hybridized carbons (Fsp3) is 0.0714. The van der Waals surface area contributed by atoms with Crippen molar-refractivity contribution in [2.24, 2.45) is 0 Å². The number of thiophene rings is 1. The van der Waals surface area contributed by atoms with Gasteiger partial charge in [0.25, 0.3) is 11.8 Å². The molecule has 0 bridgehead atoms. The summed E-state index contributed by atoms with van der Waals surface area (Å²) in [4.78, 5) is 34.8. The van der Waals surface area contributed by atoms with Gasteiger partial charge >= 0.3 is 0 Å². The Kier molecular flexibility index (Phi) is 5.13. The maximum Gasteiger partial charge on any atom is 0.272 e.